The highest BCUT2D eigenvalue weighted by Crippen LogP contribution is 2.14. The van der Waals surface area contributed by atoms with Crippen LogP contribution in [0, 0.1) is 6.92 Å². The van der Waals surface area contributed by atoms with Crippen LogP contribution in [0.4, 0.5) is 0 Å². The summed E-state index contributed by atoms with van der Waals surface area (Å²) in [6, 6.07) is 7.37. The summed E-state index contributed by atoms with van der Waals surface area (Å²) in [5.41, 5.74) is 2.49. The monoisotopic (exact) mass is 327 g/mol. The van der Waals surface area contributed by atoms with Crippen molar-refractivity contribution in [3.63, 3.8) is 0 Å². The van der Waals surface area contributed by atoms with Crippen LogP contribution in [0.3, 0.4) is 0 Å². The fourth-order valence-electron chi connectivity index (χ4n) is 2.81. The average Bonchev–Trinajstić information content (AvgIpc) is 3.06. The van der Waals surface area contributed by atoms with E-state index in [1.165, 1.54) is 6.42 Å². The normalized spacial score (nSPS) is 14.5. The Hall–Kier alpha value is -2.70. The van der Waals surface area contributed by atoms with Crippen LogP contribution in [0.1, 0.15) is 51.4 Å². The molecule has 1 saturated heterocycles. The number of carbonyl (C=O) groups is 2. The van der Waals surface area contributed by atoms with Gasteiger partial charge in [-0.3, -0.25) is 9.59 Å². The van der Waals surface area contributed by atoms with Crippen molar-refractivity contribution in [3.8, 4) is 0 Å². The number of hydrogen-bond acceptors (Lipinski definition) is 4. The molecule has 1 aromatic heterocycles. The van der Waals surface area contributed by atoms with Crippen molar-refractivity contribution in [1.29, 1.82) is 0 Å². The lowest BCUT2D eigenvalue weighted by molar-refractivity contribution is 0.0724. The molecule has 1 aliphatic heterocycles. The van der Waals surface area contributed by atoms with E-state index in [-0.39, 0.29) is 11.8 Å². The van der Waals surface area contributed by atoms with Crippen molar-refractivity contribution < 1.29 is 9.59 Å². The summed E-state index contributed by atoms with van der Waals surface area (Å²) in [6.45, 7) is 3.78. The number of aryl methyl sites for hydroxylation is 1. The van der Waals surface area contributed by atoms with Gasteiger partial charge in [0.05, 0.1) is 5.69 Å². The molecule has 1 aliphatic rings. The van der Waals surface area contributed by atoms with Crippen LogP contribution in [0.25, 0.3) is 0 Å². The van der Waals surface area contributed by atoms with Gasteiger partial charge in [0, 0.05) is 25.2 Å². The van der Waals surface area contributed by atoms with E-state index in [0.29, 0.717) is 23.5 Å². The second kappa shape index (κ2) is 7.25. The number of nitrogens with zero attached hydrogens (tertiary/aromatic N) is 3. The van der Waals surface area contributed by atoms with Gasteiger partial charge < -0.3 is 10.2 Å². The zero-order valence-corrected chi connectivity index (χ0v) is 13.7. The molecule has 0 radical (unpaired) electrons. The topological polar surface area (TPSA) is 91.0 Å². The van der Waals surface area contributed by atoms with Gasteiger partial charge in [0.2, 0.25) is 0 Å². The summed E-state index contributed by atoms with van der Waals surface area (Å²) in [7, 11) is 0. The first-order valence-corrected chi connectivity index (χ1v) is 8.19. The van der Waals surface area contributed by atoms with Gasteiger partial charge >= 0.3 is 0 Å². The van der Waals surface area contributed by atoms with E-state index in [1.54, 1.807) is 6.92 Å². The van der Waals surface area contributed by atoms with Crippen molar-refractivity contribution in [3.05, 3.63) is 46.8 Å². The number of hydrogen-bond donors (Lipinski definition) is 2. The number of nitrogens with one attached hydrogen (secondary N) is 2. The second-order valence-corrected chi connectivity index (χ2v) is 5.99. The van der Waals surface area contributed by atoms with E-state index in [0.717, 1.165) is 31.5 Å². The Balaban J connectivity index is 1.57. The number of amides is 2. The Labute approximate surface area is 140 Å². The maximum atomic E-state index is 12.4. The van der Waals surface area contributed by atoms with Crippen LogP contribution in [0.2, 0.25) is 0 Å². The van der Waals surface area contributed by atoms with Gasteiger partial charge in [-0.1, -0.05) is 12.1 Å². The number of benzene rings is 1. The van der Waals surface area contributed by atoms with E-state index in [4.69, 9.17) is 0 Å². The minimum Gasteiger partial charge on any atom is -0.347 e. The first-order chi connectivity index (χ1) is 11.6. The summed E-state index contributed by atoms with van der Waals surface area (Å²) >= 11 is 0. The number of H-pyrrole nitrogens is 1. The molecule has 0 atom stereocenters. The number of carbonyl (C=O) groups excluding carboxylic acids is 2. The van der Waals surface area contributed by atoms with Crippen LogP contribution < -0.4 is 5.32 Å². The summed E-state index contributed by atoms with van der Waals surface area (Å²) in [5.74, 6) is -0.182. The minimum absolute atomic E-state index is 0.0866. The molecule has 126 valence electrons. The van der Waals surface area contributed by atoms with Crippen LogP contribution >= 0.6 is 0 Å². The molecule has 0 spiro atoms. The van der Waals surface area contributed by atoms with E-state index < -0.39 is 0 Å². The number of rotatable bonds is 4. The largest absolute Gasteiger partial charge is 0.347 e. The van der Waals surface area contributed by atoms with Gasteiger partial charge in [0.25, 0.3) is 11.8 Å². The van der Waals surface area contributed by atoms with Crippen LogP contribution in [-0.2, 0) is 6.54 Å². The molecule has 0 aliphatic carbocycles. The number of piperidine rings is 1. The van der Waals surface area contributed by atoms with Crippen molar-refractivity contribution in [2.24, 2.45) is 0 Å². The molecular formula is C17H21N5O2. The van der Waals surface area contributed by atoms with Gasteiger partial charge in [-0.05, 0) is 43.9 Å². The number of aromatic amines is 1. The zero-order chi connectivity index (χ0) is 16.9. The third-order valence-electron chi connectivity index (χ3n) is 4.23. The summed E-state index contributed by atoms with van der Waals surface area (Å²) in [6.07, 6.45) is 3.36. The molecule has 7 heteroatoms. The van der Waals surface area contributed by atoms with Gasteiger partial charge in [-0.25, -0.2) is 0 Å². The summed E-state index contributed by atoms with van der Waals surface area (Å²) in [5, 5.41) is 12.9. The summed E-state index contributed by atoms with van der Waals surface area (Å²) in [4.78, 5) is 26.3. The molecule has 2 N–H and O–H groups in total. The van der Waals surface area contributed by atoms with Crippen LogP contribution in [0.5, 0.6) is 0 Å². The molecular weight excluding hydrogens is 306 g/mol. The van der Waals surface area contributed by atoms with Crippen molar-refractivity contribution in [2.45, 2.75) is 32.7 Å². The van der Waals surface area contributed by atoms with Gasteiger partial charge in [-0.2, -0.15) is 15.4 Å². The molecule has 3 rings (SSSR count). The first kappa shape index (κ1) is 16.2. The number of likely N-dealkylation sites (tertiary alicyclic amines) is 1. The summed E-state index contributed by atoms with van der Waals surface area (Å²) < 4.78 is 0. The maximum absolute atomic E-state index is 12.4. The van der Waals surface area contributed by atoms with E-state index >= 15 is 0 Å². The molecule has 2 aromatic rings. The Morgan fingerprint density at radius 1 is 1.12 bits per heavy atom. The Kier molecular flexibility index (Phi) is 4.88. The fraction of sp³-hybridized carbons (Fsp3) is 0.412. The third kappa shape index (κ3) is 3.61. The highest BCUT2D eigenvalue weighted by Gasteiger charge is 2.18. The maximum Gasteiger partial charge on any atom is 0.274 e. The highest BCUT2D eigenvalue weighted by atomic mass is 16.2. The van der Waals surface area contributed by atoms with Gasteiger partial charge in [-0.15, -0.1) is 0 Å². The van der Waals surface area contributed by atoms with Crippen LogP contribution in [-0.4, -0.2) is 45.2 Å². The SMILES string of the molecule is Cc1n[nH]nc1C(=O)NCc1ccc(C(=O)N2CCCCC2)cc1. The quantitative estimate of drug-likeness (QED) is 0.893. The lowest BCUT2D eigenvalue weighted by atomic mass is 10.1. The molecule has 7 nitrogen and oxygen atoms in total. The predicted molar refractivity (Wildman–Crippen MR) is 88.5 cm³/mol. The Morgan fingerprint density at radius 3 is 2.46 bits per heavy atom. The molecule has 1 aromatic carbocycles. The molecule has 1 fully saturated rings. The van der Waals surface area contributed by atoms with E-state index in [9.17, 15) is 9.59 Å². The lowest BCUT2D eigenvalue weighted by Crippen LogP contribution is -2.35. The predicted octanol–water partition coefficient (Wildman–Crippen LogP) is 1.67. The third-order valence-corrected chi connectivity index (χ3v) is 4.23. The first-order valence-electron chi connectivity index (χ1n) is 8.19. The molecule has 2 amide bonds. The van der Waals surface area contributed by atoms with Crippen molar-refractivity contribution in [2.75, 3.05) is 13.1 Å². The molecule has 0 bridgehead atoms. The van der Waals surface area contributed by atoms with E-state index in [1.807, 2.05) is 29.2 Å². The molecule has 0 saturated carbocycles. The van der Waals surface area contributed by atoms with Crippen molar-refractivity contribution in [1.82, 2.24) is 25.6 Å². The van der Waals surface area contributed by atoms with Crippen LogP contribution in [0.15, 0.2) is 24.3 Å². The fourth-order valence-corrected chi connectivity index (χ4v) is 2.81. The van der Waals surface area contributed by atoms with E-state index in [2.05, 4.69) is 20.7 Å². The zero-order valence-electron chi connectivity index (χ0n) is 13.7. The second-order valence-electron chi connectivity index (χ2n) is 5.99. The number of aromatic nitrogens is 3. The molecule has 0 unspecified atom stereocenters. The van der Waals surface area contributed by atoms with Gasteiger partial charge in [0.1, 0.15) is 0 Å². The smallest absolute Gasteiger partial charge is 0.274 e. The Morgan fingerprint density at radius 2 is 1.83 bits per heavy atom. The van der Waals surface area contributed by atoms with Crippen molar-refractivity contribution >= 4 is 11.8 Å². The standard InChI is InChI=1S/C17H21N5O2/c1-12-15(20-21-19-12)16(23)18-11-13-5-7-14(8-6-13)17(24)22-9-3-2-4-10-22/h5-8H,2-4,9-11H2,1H3,(H,18,23)(H,19,20,21). The lowest BCUT2D eigenvalue weighted by Gasteiger charge is -2.26. The average molecular weight is 327 g/mol. The molecule has 24 heavy (non-hydrogen) atoms. The van der Waals surface area contributed by atoms with Gasteiger partial charge in [0.15, 0.2) is 5.69 Å². The minimum atomic E-state index is -0.269. The molecule has 2 heterocycles. The Bertz CT molecular complexity index is 717. The highest BCUT2D eigenvalue weighted by molar-refractivity contribution is 5.94.